The zero-order chi connectivity index (χ0) is 20.5. The minimum absolute atomic E-state index is 0.149. The summed E-state index contributed by atoms with van der Waals surface area (Å²) < 4.78 is 11.9. The van der Waals surface area contributed by atoms with Crippen molar-refractivity contribution in [2.75, 3.05) is 25.6 Å². The number of nitrogens with zero attached hydrogens (tertiary/aromatic N) is 2. The first kappa shape index (κ1) is 21.8. The summed E-state index contributed by atoms with van der Waals surface area (Å²) in [6, 6.07) is 5.26. The smallest absolute Gasteiger partial charge is 0.337 e. The molecule has 0 aliphatic rings. The second-order valence-electron chi connectivity index (χ2n) is 6.20. The van der Waals surface area contributed by atoms with Crippen molar-refractivity contribution >= 4 is 23.3 Å². The van der Waals surface area contributed by atoms with Gasteiger partial charge in [0, 0.05) is 13.1 Å². The summed E-state index contributed by atoms with van der Waals surface area (Å²) in [5, 5.41) is 7.39. The topological polar surface area (TPSA) is 82.4 Å². The van der Waals surface area contributed by atoms with Gasteiger partial charge in [0.2, 0.25) is 0 Å². The number of hydrogen-bond acceptors (Lipinski definition) is 6. The van der Waals surface area contributed by atoms with Crippen molar-refractivity contribution in [3.63, 3.8) is 0 Å². The fourth-order valence-corrected chi connectivity index (χ4v) is 2.89. The van der Waals surface area contributed by atoms with Crippen LogP contribution in [0.1, 0.15) is 42.6 Å². The predicted octanol–water partition coefficient (Wildman–Crippen LogP) is 3.54. The molecule has 7 nitrogen and oxygen atoms in total. The third-order valence-corrected chi connectivity index (χ3v) is 4.54. The molecule has 0 amide bonds. The summed E-state index contributed by atoms with van der Waals surface area (Å²) in [5.74, 6) is 0.383. The van der Waals surface area contributed by atoms with Crippen molar-refractivity contribution < 1.29 is 14.3 Å². The third kappa shape index (κ3) is 5.48. The van der Waals surface area contributed by atoms with Crippen LogP contribution in [-0.2, 0) is 17.7 Å². The molecule has 0 saturated carbocycles. The quantitative estimate of drug-likeness (QED) is 0.479. The summed E-state index contributed by atoms with van der Waals surface area (Å²) in [7, 11) is 1.36. The maximum Gasteiger partial charge on any atom is 0.337 e. The van der Waals surface area contributed by atoms with Crippen LogP contribution in [0.4, 0.5) is 5.69 Å². The number of carbonyl (C=O) groups excluding carboxylic acids is 1. The number of rotatable bonds is 10. The Morgan fingerprint density at radius 3 is 2.79 bits per heavy atom. The molecule has 0 fully saturated rings. The molecule has 0 atom stereocenters. The number of aromatic nitrogens is 2. The molecule has 28 heavy (non-hydrogen) atoms. The Labute approximate surface area is 169 Å². The van der Waals surface area contributed by atoms with Crippen LogP contribution in [0.5, 0.6) is 5.75 Å². The summed E-state index contributed by atoms with van der Waals surface area (Å²) in [5.41, 5.74) is 1.69. The number of ether oxygens (including phenoxy) is 2. The molecule has 0 unspecified atom stereocenters. The average Bonchev–Trinajstić information content (AvgIpc) is 2.72. The Balaban J connectivity index is 1.87. The lowest BCUT2D eigenvalue weighted by atomic mass is 10.1. The van der Waals surface area contributed by atoms with Gasteiger partial charge in [-0.1, -0.05) is 25.4 Å². The number of carbonyl (C=O) groups is 1. The number of anilines is 1. The Hall–Kier alpha value is -2.54. The van der Waals surface area contributed by atoms with Gasteiger partial charge in [0.1, 0.15) is 10.8 Å². The predicted molar refractivity (Wildman–Crippen MR) is 110 cm³/mol. The van der Waals surface area contributed by atoms with Gasteiger partial charge in [-0.2, -0.15) is 5.10 Å². The first-order valence-corrected chi connectivity index (χ1v) is 9.73. The van der Waals surface area contributed by atoms with E-state index in [-0.39, 0.29) is 16.6 Å². The van der Waals surface area contributed by atoms with E-state index >= 15 is 0 Å². The van der Waals surface area contributed by atoms with Gasteiger partial charge < -0.3 is 14.8 Å². The van der Waals surface area contributed by atoms with Gasteiger partial charge in [-0.05, 0) is 43.0 Å². The standard InChI is InChI=1S/C20H26ClN3O4/c1-4-10-24-19(25)18(21)16(13-23-24)22-9-6-11-28-17-8-7-15(20(26)27-3)12-14(17)5-2/h7-8,12-13,22H,4-6,9-11H2,1-3H3. The maximum absolute atomic E-state index is 12.1. The van der Waals surface area contributed by atoms with Crippen LogP contribution >= 0.6 is 11.6 Å². The molecular weight excluding hydrogens is 382 g/mol. The molecule has 1 heterocycles. The molecular formula is C20H26ClN3O4. The van der Waals surface area contributed by atoms with Crippen LogP contribution in [0.3, 0.4) is 0 Å². The van der Waals surface area contributed by atoms with Crippen molar-refractivity contribution in [2.45, 2.75) is 39.7 Å². The second kappa shape index (κ2) is 10.7. The molecule has 0 spiro atoms. The molecule has 2 aromatic rings. The molecule has 2 rings (SSSR count). The van der Waals surface area contributed by atoms with Crippen LogP contribution in [0.2, 0.25) is 5.02 Å². The highest BCUT2D eigenvalue weighted by Crippen LogP contribution is 2.22. The minimum Gasteiger partial charge on any atom is -0.493 e. The SMILES string of the molecule is CCCn1ncc(NCCCOc2ccc(C(=O)OC)cc2CC)c(Cl)c1=O. The molecule has 8 heteroatoms. The van der Waals surface area contributed by atoms with Crippen LogP contribution in [0.15, 0.2) is 29.2 Å². The van der Waals surface area contributed by atoms with E-state index < -0.39 is 0 Å². The third-order valence-electron chi connectivity index (χ3n) is 4.18. The van der Waals surface area contributed by atoms with Gasteiger partial charge in [0.15, 0.2) is 0 Å². The summed E-state index contributed by atoms with van der Waals surface area (Å²) in [6.07, 6.45) is 3.83. The Kier molecular flexibility index (Phi) is 8.32. The van der Waals surface area contributed by atoms with E-state index in [0.717, 1.165) is 24.2 Å². The number of benzene rings is 1. The molecule has 1 aromatic heterocycles. The van der Waals surface area contributed by atoms with Crippen molar-refractivity contribution in [2.24, 2.45) is 0 Å². The zero-order valence-corrected chi connectivity index (χ0v) is 17.2. The number of nitrogens with one attached hydrogen (secondary N) is 1. The van der Waals surface area contributed by atoms with E-state index in [2.05, 4.69) is 10.4 Å². The second-order valence-corrected chi connectivity index (χ2v) is 6.57. The van der Waals surface area contributed by atoms with Crippen molar-refractivity contribution in [1.29, 1.82) is 0 Å². The van der Waals surface area contributed by atoms with E-state index in [1.54, 1.807) is 24.4 Å². The Morgan fingerprint density at radius 2 is 2.11 bits per heavy atom. The van der Waals surface area contributed by atoms with Crippen LogP contribution in [0.25, 0.3) is 0 Å². The number of aryl methyl sites for hydroxylation is 2. The van der Waals surface area contributed by atoms with Crippen LogP contribution < -0.4 is 15.6 Å². The van der Waals surface area contributed by atoms with Gasteiger partial charge in [0.05, 0.1) is 31.2 Å². The van der Waals surface area contributed by atoms with Crippen molar-refractivity contribution in [1.82, 2.24) is 9.78 Å². The lowest BCUT2D eigenvalue weighted by molar-refractivity contribution is 0.0600. The van der Waals surface area contributed by atoms with Crippen molar-refractivity contribution in [3.05, 3.63) is 50.9 Å². The van der Waals surface area contributed by atoms with Gasteiger partial charge >= 0.3 is 5.97 Å². The molecule has 0 saturated heterocycles. The molecule has 1 aromatic carbocycles. The zero-order valence-electron chi connectivity index (χ0n) is 16.5. The average molecular weight is 408 g/mol. The highest BCUT2D eigenvalue weighted by atomic mass is 35.5. The van der Waals surface area contributed by atoms with E-state index in [1.165, 1.54) is 11.8 Å². The fraction of sp³-hybridized carbons (Fsp3) is 0.450. The van der Waals surface area contributed by atoms with Gasteiger partial charge in [-0.3, -0.25) is 4.79 Å². The highest BCUT2D eigenvalue weighted by molar-refractivity contribution is 6.32. The first-order chi connectivity index (χ1) is 13.5. The summed E-state index contributed by atoms with van der Waals surface area (Å²) in [6.45, 7) is 5.58. The lowest BCUT2D eigenvalue weighted by Crippen LogP contribution is -2.24. The number of hydrogen-bond donors (Lipinski definition) is 1. The monoisotopic (exact) mass is 407 g/mol. The van der Waals surface area contributed by atoms with Crippen LogP contribution in [-0.4, -0.2) is 36.0 Å². The maximum atomic E-state index is 12.1. The van der Waals surface area contributed by atoms with E-state index in [1.807, 2.05) is 13.8 Å². The van der Waals surface area contributed by atoms with E-state index in [4.69, 9.17) is 21.1 Å². The molecule has 1 N–H and O–H groups in total. The molecule has 0 radical (unpaired) electrons. The highest BCUT2D eigenvalue weighted by Gasteiger charge is 2.10. The largest absolute Gasteiger partial charge is 0.493 e. The van der Waals surface area contributed by atoms with Gasteiger partial charge in [-0.25, -0.2) is 9.48 Å². The fourth-order valence-electron chi connectivity index (χ4n) is 2.68. The lowest BCUT2D eigenvalue weighted by Gasteiger charge is -2.13. The van der Waals surface area contributed by atoms with Gasteiger partial charge in [-0.15, -0.1) is 0 Å². The molecule has 0 bridgehead atoms. The van der Waals surface area contributed by atoms with Gasteiger partial charge in [0.25, 0.3) is 5.56 Å². The summed E-state index contributed by atoms with van der Waals surface area (Å²) in [4.78, 5) is 23.7. The normalized spacial score (nSPS) is 10.6. The molecule has 152 valence electrons. The molecule has 0 aliphatic heterocycles. The molecule has 0 aliphatic carbocycles. The number of methoxy groups -OCH3 is 1. The van der Waals surface area contributed by atoms with Crippen molar-refractivity contribution in [3.8, 4) is 5.75 Å². The van der Waals surface area contributed by atoms with E-state index in [9.17, 15) is 9.59 Å². The number of halogens is 1. The Morgan fingerprint density at radius 1 is 1.32 bits per heavy atom. The number of esters is 1. The first-order valence-electron chi connectivity index (χ1n) is 9.35. The van der Waals surface area contributed by atoms with E-state index in [0.29, 0.717) is 37.4 Å². The Bertz CT molecular complexity index is 867. The summed E-state index contributed by atoms with van der Waals surface area (Å²) >= 11 is 6.13. The minimum atomic E-state index is -0.364. The van der Waals surface area contributed by atoms with Crippen LogP contribution in [0, 0.1) is 0 Å².